The van der Waals surface area contributed by atoms with E-state index in [0.29, 0.717) is 27.4 Å². The highest BCUT2D eigenvalue weighted by Gasteiger charge is 2.26. The van der Waals surface area contributed by atoms with Crippen molar-refractivity contribution in [2.75, 3.05) is 6.61 Å². The van der Waals surface area contributed by atoms with Gasteiger partial charge >= 0.3 is 5.97 Å². The molecule has 0 N–H and O–H groups in total. The number of benzene rings is 3. The molecular formula is C26H23Cl2NO5S. The van der Waals surface area contributed by atoms with Crippen LogP contribution in [0.4, 0.5) is 0 Å². The molecule has 182 valence electrons. The van der Waals surface area contributed by atoms with Crippen LogP contribution in [0.25, 0.3) is 16.6 Å². The number of nitrogens with zero attached hydrogens (tertiary/aromatic N) is 1. The van der Waals surface area contributed by atoms with Gasteiger partial charge in [-0.25, -0.2) is 13.2 Å². The highest BCUT2D eigenvalue weighted by Crippen LogP contribution is 2.37. The van der Waals surface area contributed by atoms with Crippen molar-refractivity contribution in [2.24, 2.45) is 0 Å². The minimum atomic E-state index is -3.84. The average molecular weight is 532 g/mol. The van der Waals surface area contributed by atoms with Crippen LogP contribution < -0.4 is 4.74 Å². The van der Waals surface area contributed by atoms with E-state index in [0.717, 1.165) is 0 Å². The van der Waals surface area contributed by atoms with Crippen molar-refractivity contribution in [1.82, 2.24) is 4.57 Å². The fourth-order valence-corrected chi connectivity index (χ4v) is 5.47. The summed E-state index contributed by atoms with van der Waals surface area (Å²) in [5.74, 6) is 0.0682. The summed E-state index contributed by atoms with van der Waals surface area (Å²) in [5, 5.41) is 0.949. The second kappa shape index (κ2) is 9.93. The number of ether oxygens (including phenoxy) is 2. The third-order valence-corrected chi connectivity index (χ3v) is 7.65. The van der Waals surface area contributed by atoms with Gasteiger partial charge in [-0.15, -0.1) is 0 Å². The van der Waals surface area contributed by atoms with Gasteiger partial charge in [-0.05, 0) is 87.5 Å². The molecule has 0 amide bonds. The van der Waals surface area contributed by atoms with Gasteiger partial charge in [0.25, 0.3) is 0 Å². The third kappa shape index (κ3) is 4.89. The lowest BCUT2D eigenvalue weighted by atomic mass is 10.2. The SMILES string of the molecule is CCOC(=O)c1c(Cl)c2cc(S(=O)(=O)c3ccc(Cl)cc3)ccc2n1-c1ccc(OC(C)C)cc1. The molecule has 6 nitrogen and oxygen atoms in total. The topological polar surface area (TPSA) is 74.6 Å². The smallest absolute Gasteiger partial charge is 0.356 e. The number of aromatic nitrogens is 1. The molecule has 0 saturated carbocycles. The number of halogens is 2. The molecule has 0 atom stereocenters. The van der Waals surface area contributed by atoms with Crippen molar-refractivity contribution in [1.29, 1.82) is 0 Å². The first-order valence-corrected chi connectivity index (χ1v) is 13.2. The number of rotatable bonds is 7. The molecule has 0 aliphatic carbocycles. The van der Waals surface area contributed by atoms with Crippen molar-refractivity contribution >= 4 is 49.9 Å². The Labute approximate surface area is 213 Å². The summed E-state index contributed by atoms with van der Waals surface area (Å²) in [6.45, 7) is 5.73. The molecule has 4 rings (SSSR count). The number of esters is 1. The third-order valence-electron chi connectivity index (χ3n) is 5.25. The first kappa shape index (κ1) is 25.1. The minimum Gasteiger partial charge on any atom is -0.491 e. The Morgan fingerprint density at radius 1 is 0.943 bits per heavy atom. The molecule has 0 bridgehead atoms. The van der Waals surface area contributed by atoms with Crippen LogP contribution in [-0.2, 0) is 14.6 Å². The molecule has 1 heterocycles. The first-order valence-electron chi connectivity index (χ1n) is 10.9. The number of carbonyl (C=O) groups is 1. The second-order valence-corrected chi connectivity index (χ2v) is 10.8. The van der Waals surface area contributed by atoms with Gasteiger partial charge < -0.3 is 14.0 Å². The normalized spacial score (nSPS) is 11.7. The molecule has 1 aromatic heterocycles. The Bertz CT molecular complexity index is 1490. The largest absolute Gasteiger partial charge is 0.491 e. The molecule has 0 fully saturated rings. The maximum absolute atomic E-state index is 13.2. The van der Waals surface area contributed by atoms with Crippen LogP contribution in [0.2, 0.25) is 10.0 Å². The van der Waals surface area contributed by atoms with Crippen LogP contribution in [0.1, 0.15) is 31.3 Å². The molecule has 0 spiro atoms. The first-order chi connectivity index (χ1) is 16.6. The standard InChI is InChI=1S/C26H23Cl2NO5S/c1-4-33-26(30)25-24(28)22-15-21(35(31,32)20-11-5-17(27)6-12-20)13-14-23(22)29(25)18-7-9-19(10-8-18)34-16(2)3/h5-16H,4H2,1-3H3. The van der Waals surface area contributed by atoms with Gasteiger partial charge in [0.05, 0.1) is 33.0 Å². The van der Waals surface area contributed by atoms with Gasteiger partial charge in [0.15, 0.2) is 5.69 Å². The van der Waals surface area contributed by atoms with Crippen molar-refractivity contribution in [3.8, 4) is 11.4 Å². The molecule has 3 aromatic carbocycles. The quantitative estimate of drug-likeness (QED) is 0.247. The van der Waals surface area contributed by atoms with E-state index in [4.69, 9.17) is 32.7 Å². The lowest BCUT2D eigenvalue weighted by Crippen LogP contribution is -2.11. The Kier molecular flexibility index (Phi) is 7.12. The summed E-state index contributed by atoms with van der Waals surface area (Å²) < 4.78 is 39.1. The average Bonchev–Trinajstić information content (AvgIpc) is 3.11. The zero-order valence-corrected chi connectivity index (χ0v) is 21.6. The maximum Gasteiger partial charge on any atom is 0.356 e. The maximum atomic E-state index is 13.2. The molecular weight excluding hydrogens is 509 g/mol. The summed E-state index contributed by atoms with van der Waals surface area (Å²) in [7, 11) is -3.84. The van der Waals surface area contributed by atoms with Crippen LogP contribution in [0.3, 0.4) is 0 Å². The van der Waals surface area contributed by atoms with Gasteiger partial charge in [-0.1, -0.05) is 23.2 Å². The minimum absolute atomic E-state index is 0.0128. The summed E-state index contributed by atoms with van der Waals surface area (Å²) in [5.41, 5.74) is 1.32. The Morgan fingerprint density at radius 2 is 1.57 bits per heavy atom. The van der Waals surface area contributed by atoms with Crippen LogP contribution in [-0.4, -0.2) is 31.7 Å². The number of fused-ring (bicyclic) bond motifs is 1. The molecule has 0 saturated heterocycles. The van der Waals surface area contributed by atoms with Crippen molar-refractivity contribution in [3.63, 3.8) is 0 Å². The van der Waals surface area contributed by atoms with Crippen LogP contribution in [0.5, 0.6) is 5.75 Å². The van der Waals surface area contributed by atoms with E-state index in [9.17, 15) is 13.2 Å². The summed E-state index contributed by atoms with van der Waals surface area (Å²) in [6, 6.07) is 17.7. The molecule has 0 unspecified atom stereocenters. The van der Waals surface area contributed by atoms with Crippen LogP contribution in [0.15, 0.2) is 76.5 Å². The Balaban J connectivity index is 1.90. The fourth-order valence-electron chi connectivity index (χ4n) is 3.74. The van der Waals surface area contributed by atoms with E-state index in [-0.39, 0.29) is 33.2 Å². The molecule has 0 aliphatic rings. The second-order valence-electron chi connectivity index (χ2n) is 8.02. The summed E-state index contributed by atoms with van der Waals surface area (Å²) in [6.07, 6.45) is 0.0128. The molecule has 0 aliphatic heterocycles. The number of sulfone groups is 1. The van der Waals surface area contributed by atoms with Crippen molar-refractivity contribution < 1.29 is 22.7 Å². The zero-order valence-electron chi connectivity index (χ0n) is 19.3. The lowest BCUT2D eigenvalue weighted by Gasteiger charge is -2.13. The number of hydrogen-bond acceptors (Lipinski definition) is 5. The summed E-state index contributed by atoms with van der Waals surface area (Å²) in [4.78, 5) is 13.0. The van der Waals surface area contributed by atoms with E-state index in [1.54, 1.807) is 41.8 Å². The lowest BCUT2D eigenvalue weighted by molar-refractivity contribution is 0.0517. The fraction of sp³-hybridized carbons (Fsp3) is 0.192. The summed E-state index contributed by atoms with van der Waals surface area (Å²) >= 11 is 12.6. The van der Waals surface area contributed by atoms with E-state index in [1.165, 1.54) is 36.4 Å². The Morgan fingerprint density at radius 3 is 2.17 bits per heavy atom. The predicted octanol–water partition coefficient (Wildman–Crippen LogP) is 6.73. The van der Waals surface area contributed by atoms with Crippen LogP contribution in [0, 0.1) is 0 Å². The van der Waals surface area contributed by atoms with E-state index in [2.05, 4.69) is 0 Å². The zero-order chi connectivity index (χ0) is 25.3. The van der Waals surface area contributed by atoms with Crippen LogP contribution >= 0.6 is 23.2 Å². The predicted molar refractivity (Wildman–Crippen MR) is 137 cm³/mol. The molecule has 9 heteroatoms. The molecule has 4 aromatic rings. The van der Waals surface area contributed by atoms with Gasteiger partial charge in [0.2, 0.25) is 9.84 Å². The Hall–Kier alpha value is -3.00. The molecule has 35 heavy (non-hydrogen) atoms. The molecule has 0 radical (unpaired) electrons. The monoisotopic (exact) mass is 531 g/mol. The highest BCUT2D eigenvalue weighted by atomic mass is 35.5. The highest BCUT2D eigenvalue weighted by molar-refractivity contribution is 7.91. The van der Waals surface area contributed by atoms with Crippen molar-refractivity contribution in [2.45, 2.75) is 36.7 Å². The van der Waals surface area contributed by atoms with Gasteiger partial charge in [-0.2, -0.15) is 0 Å². The van der Waals surface area contributed by atoms with Gasteiger partial charge in [0.1, 0.15) is 5.75 Å². The van der Waals surface area contributed by atoms with E-state index < -0.39 is 15.8 Å². The van der Waals surface area contributed by atoms with Crippen molar-refractivity contribution in [3.05, 3.63) is 82.5 Å². The van der Waals surface area contributed by atoms with E-state index >= 15 is 0 Å². The number of carbonyl (C=O) groups excluding carboxylic acids is 1. The van der Waals surface area contributed by atoms with Gasteiger partial charge in [0, 0.05) is 16.1 Å². The number of hydrogen-bond donors (Lipinski definition) is 0. The van der Waals surface area contributed by atoms with Gasteiger partial charge in [-0.3, -0.25) is 0 Å². The van der Waals surface area contributed by atoms with E-state index in [1.807, 2.05) is 13.8 Å².